The first-order valence-corrected chi connectivity index (χ1v) is 12.4. The maximum absolute atomic E-state index is 13.4. The van der Waals surface area contributed by atoms with Gasteiger partial charge in [0.25, 0.3) is 12.3 Å². The summed E-state index contributed by atoms with van der Waals surface area (Å²) in [4.78, 5) is 27.2. The number of aryl methyl sites for hydroxylation is 2. The standard InChI is InChI=1S/C27H24F2N4O2S/c1-15-10-18(19-12-22(25(28)29)31-14-23(19)35-2)20(13-30-15)26(34)33-27-32-21-9-8-17(11-24(21)36-27)16-6-4-3-5-7-16/h3-7,10,12-14,17,25H,8-9,11H2,1-2H3,(H,32,33,34). The van der Waals surface area contributed by atoms with E-state index in [-0.39, 0.29) is 11.3 Å². The highest BCUT2D eigenvalue weighted by Crippen LogP contribution is 2.38. The number of hydrogen-bond acceptors (Lipinski definition) is 6. The molecule has 1 unspecified atom stereocenters. The first-order chi connectivity index (χ1) is 17.4. The number of carbonyl (C=O) groups excluding carboxylic acids is 1. The highest BCUT2D eigenvalue weighted by Gasteiger charge is 2.25. The number of benzene rings is 1. The van der Waals surface area contributed by atoms with Gasteiger partial charge in [0.1, 0.15) is 11.4 Å². The van der Waals surface area contributed by atoms with E-state index in [2.05, 4.69) is 44.5 Å². The van der Waals surface area contributed by atoms with Crippen LogP contribution in [0.25, 0.3) is 11.1 Å². The summed E-state index contributed by atoms with van der Waals surface area (Å²) in [6.07, 6.45) is 2.68. The summed E-state index contributed by atoms with van der Waals surface area (Å²) >= 11 is 1.48. The second-order valence-electron chi connectivity index (χ2n) is 8.67. The number of nitrogens with zero attached hydrogens (tertiary/aromatic N) is 3. The van der Waals surface area contributed by atoms with Crippen molar-refractivity contribution in [1.82, 2.24) is 15.0 Å². The van der Waals surface area contributed by atoms with Crippen LogP contribution < -0.4 is 10.1 Å². The van der Waals surface area contributed by atoms with E-state index in [4.69, 9.17) is 4.74 Å². The van der Waals surface area contributed by atoms with Gasteiger partial charge < -0.3 is 4.74 Å². The number of methoxy groups -OCH3 is 1. The molecule has 0 saturated heterocycles. The molecule has 1 amide bonds. The molecule has 0 spiro atoms. The van der Waals surface area contributed by atoms with Crippen LogP contribution in [0.2, 0.25) is 0 Å². The number of thiazole rings is 1. The third-order valence-corrected chi connectivity index (χ3v) is 7.37. The maximum Gasteiger partial charge on any atom is 0.280 e. The SMILES string of the molecule is COc1cnc(C(F)F)cc1-c1cc(C)ncc1C(=O)Nc1nc2c(s1)CC(c1ccccc1)CC2. The van der Waals surface area contributed by atoms with Gasteiger partial charge in [-0.25, -0.2) is 13.8 Å². The molecule has 1 aromatic carbocycles. The van der Waals surface area contributed by atoms with Crippen LogP contribution in [0, 0.1) is 6.92 Å². The van der Waals surface area contributed by atoms with Crippen molar-refractivity contribution in [2.75, 3.05) is 12.4 Å². The summed E-state index contributed by atoms with van der Waals surface area (Å²) in [6.45, 7) is 1.77. The summed E-state index contributed by atoms with van der Waals surface area (Å²) in [7, 11) is 1.43. The van der Waals surface area contributed by atoms with Crippen molar-refractivity contribution >= 4 is 22.4 Å². The highest BCUT2D eigenvalue weighted by atomic mass is 32.1. The molecule has 1 atom stereocenters. The minimum Gasteiger partial charge on any atom is -0.494 e. The molecule has 5 rings (SSSR count). The second kappa shape index (κ2) is 10.1. The van der Waals surface area contributed by atoms with E-state index in [0.717, 1.165) is 25.0 Å². The first-order valence-electron chi connectivity index (χ1n) is 11.6. The number of aromatic nitrogens is 3. The molecular weight excluding hydrogens is 482 g/mol. The molecule has 1 aliphatic rings. The van der Waals surface area contributed by atoms with Crippen LogP contribution in [-0.4, -0.2) is 28.0 Å². The van der Waals surface area contributed by atoms with Gasteiger partial charge in [0.05, 0.1) is 24.6 Å². The Morgan fingerprint density at radius 3 is 2.69 bits per heavy atom. The fraction of sp³-hybridized carbons (Fsp3) is 0.259. The van der Waals surface area contributed by atoms with E-state index in [1.165, 1.54) is 47.3 Å². The largest absolute Gasteiger partial charge is 0.494 e. The average Bonchev–Trinajstić information content (AvgIpc) is 3.30. The van der Waals surface area contributed by atoms with Gasteiger partial charge in [-0.1, -0.05) is 30.3 Å². The zero-order chi connectivity index (χ0) is 25.2. The average molecular weight is 507 g/mol. The molecule has 0 saturated carbocycles. The van der Waals surface area contributed by atoms with Crippen LogP contribution >= 0.6 is 11.3 Å². The van der Waals surface area contributed by atoms with Crippen LogP contribution in [0.1, 0.15) is 56.6 Å². The number of amides is 1. The minimum atomic E-state index is -2.75. The summed E-state index contributed by atoms with van der Waals surface area (Å²) in [5.41, 5.74) is 3.59. The Morgan fingerprint density at radius 1 is 1.14 bits per heavy atom. The Kier molecular flexibility index (Phi) is 6.73. The summed E-state index contributed by atoms with van der Waals surface area (Å²) in [5.74, 6) is 0.301. The molecule has 184 valence electrons. The number of fused-ring (bicyclic) bond motifs is 1. The van der Waals surface area contributed by atoms with E-state index in [1.807, 2.05) is 6.07 Å². The van der Waals surface area contributed by atoms with E-state index >= 15 is 0 Å². The van der Waals surface area contributed by atoms with Crippen molar-refractivity contribution in [3.63, 3.8) is 0 Å². The van der Waals surface area contributed by atoms with Crippen molar-refractivity contribution in [3.8, 4) is 16.9 Å². The van der Waals surface area contributed by atoms with Crippen LogP contribution in [0.3, 0.4) is 0 Å². The smallest absolute Gasteiger partial charge is 0.280 e. The Morgan fingerprint density at radius 2 is 1.94 bits per heavy atom. The molecule has 36 heavy (non-hydrogen) atoms. The van der Waals surface area contributed by atoms with Gasteiger partial charge in [-0.05, 0) is 49.8 Å². The molecule has 4 aromatic rings. The van der Waals surface area contributed by atoms with Gasteiger partial charge in [-0.15, -0.1) is 11.3 Å². The lowest BCUT2D eigenvalue weighted by atomic mass is 9.85. The van der Waals surface area contributed by atoms with Crippen molar-refractivity contribution in [2.24, 2.45) is 0 Å². The molecule has 9 heteroatoms. The number of hydrogen-bond donors (Lipinski definition) is 1. The lowest BCUT2D eigenvalue weighted by molar-refractivity contribution is 0.102. The number of rotatable bonds is 6. The molecule has 0 aliphatic heterocycles. The Balaban J connectivity index is 1.43. The topological polar surface area (TPSA) is 77.0 Å². The highest BCUT2D eigenvalue weighted by molar-refractivity contribution is 7.15. The number of ether oxygens (including phenoxy) is 1. The van der Waals surface area contributed by atoms with Crippen molar-refractivity contribution in [3.05, 3.63) is 87.9 Å². The number of pyridine rings is 2. The number of carbonyl (C=O) groups is 1. The quantitative estimate of drug-likeness (QED) is 0.328. The number of halogens is 2. The molecule has 1 N–H and O–H groups in total. The van der Waals surface area contributed by atoms with Crippen LogP contribution in [0.4, 0.5) is 13.9 Å². The van der Waals surface area contributed by atoms with Crippen molar-refractivity contribution < 1.29 is 18.3 Å². The normalized spacial score (nSPS) is 15.0. The molecule has 3 heterocycles. The lowest BCUT2D eigenvalue weighted by Crippen LogP contribution is -2.14. The third kappa shape index (κ3) is 4.83. The van der Waals surface area contributed by atoms with Crippen molar-refractivity contribution in [1.29, 1.82) is 0 Å². The van der Waals surface area contributed by atoms with E-state index < -0.39 is 18.0 Å². The van der Waals surface area contributed by atoms with Gasteiger partial charge in [-0.3, -0.25) is 20.1 Å². The predicted molar refractivity (Wildman–Crippen MR) is 135 cm³/mol. The van der Waals surface area contributed by atoms with Gasteiger partial charge in [0, 0.05) is 27.9 Å². The maximum atomic E-state index is 13.4. The molecule has 6 nitrogen and oxygen atoms in total. The van der Waals surface area contributed by atoms with E-state index in [1.54, 1.807) is 13.0 Å². The summed E-state index contributed by atoms with van der Waals surface area (Å²) in [5, 5.41) is 3.41. The van der Waals surface area contributed by atoms with Gasteiger partial charge in [0.2, 0.25) is 0 Å². The van der Waals surface area contributed by atoms with Crippen LogP contribution in [0.15, 0.2) is 54.9 Å². The van der Waals surface area contributed by atoms with Gasteiger partial charge in [-0.2, -0.15) is 0 Å². The van der Waals surface area contributed by atoms with Gasteiger partial charge in [0.15, 0.2) is 5.13 Å². The van der Waals surface area contributed by atoms with Crippen molar-refractivity contribution in [2.45, 2.75) is 38.5 Å². The lowest BCUT2D eigenvalue weighted by Gasteiger charge is -2.21. The van der Waals surface area contributed by atoms with Crippen LogP contribution in [-0.2, 0) is 12.8 Å². The molecule has 1 aliphatic carbocycles. The number of nitrogens with one attached hydrogen (secondary N) is 1. The number of anilines is 1. The Hall–Kier alpha value is -3.72. The van der Waals surface area contributed by atoms with Gasteiger partial charge >= 0.3 is 0 Å². The summed E-state index contributed by atoms with van der Waals surface area (Å²) in [6, 6.07) is 13.4. The zero-order valence-electron chi connectivity index (χ0n) is 19.8. The van der Waals surface area contributed by atoms with E-state index in [9.17, 15) is 13.6 Å². The molecule has 0 fully saturated rings. The third-order valence-electron chi connectivity index (χ3n) is 6.34. The molecule has 3 aromatic heterocycles. The molecule has 0 bridgehead atoms. The first kappa shape index (κ1) is 24.0. The zero-order valence-corrected chi connectivity index (χ0v) is 20.6. The Labute approximate surface area is 211 Å². The number of alkyl halides is 2. The molecule has 0 radical (unpaired) electrons. The predicted octanol–water partition coefficient (Wildman–Crippen LogP) is 6.38. The van der Waals surface area contributed by atoms with E-state index in [0.29, 0.717) is 27.9 Å². The Bertz CT molecular complexity index is 1410. The summed E-state index contributed by atoms with van der Waals surface area (Å²) < 4.78 is 32.1. The monoisotopic (exact) mass is 506 g/mol. The fourth-order valence-corrected chi connectivity index (χ4v) is 5.60. The van der Waals surface area contributed by atoms with Crippen LogP contribution in [0.5, 0.6) is 5.75 Å². The minimum absolute atomic E-state index is 0.237. The second-order valence-corrected chi connectivity index (χ2v) is 9.76. The molecular formula is C27H24F2N4O2S. The fourth-order valence-electron chi connectivity index (χ4n) is 4.52.